The topological polar surface area (TPSA) is 79.7 Å². The lowest BCUT2D eigenvalue weighted by Crippen LogP contribution is -2.46. The monoisotopic (exact) mass is 265 g/mol. The van der Waals surface area contributed by atoms with Gasteiger partial charge in [-0.3, -0.25) is 0 Å². The van der Waals surface area contributed by atoms with Crippen molar-refractivity contribution in [3.05, 3.63) is 18.2 Å². The Balaban J connectivity index is 1.82. The van der Waals surface area contributed by atoms with Crippen LogP contribution in [0.5, 0.6) is 0 Å². The molecule has 0 bridgehead atoms. The molecule has 2 rings (SSSR count). The van der Waals surface area contributed by atoms with E-state index in [-0.39, 0.29) is 5.41 Å². The third-order valence-electron chi connectivity index (χ3n) is 4.27. The molecule has 0 aliphatic carbocycles. The van der Waals surface area contributed by atoms with Gasteiger partial charge in [-0.1, -0.05) is 12.1 Å². The number of oxime groups is 1. The molecule has 1 saturated heterocycles. The lowest BCUT2D eigenvalue weighted by atomic mass is 9.79. The van der Waals surface area contributed by atoms with Crippen molar-refractivity contribution >= 4 is 5.84 Å². The summed E-state index contributed by atoms with van der Waals surface area (Å²) in [6.45, 7) is 8.04. The van der Waals surface area contributed by atoms with Crippen molar-refractivity contribution in [2.75, 3.05) is 19.6 Å². The van der Waals surface area contributed by atoms with Crippen LogP contribution in [0.3, 0.4) is 0 Å². The average molecular weight is 265 g/mol. The van der Waals surface area contributed by atoms with Gasteiger partial charge in [0.25, 0.3) is 0 Å². The second-order valence-electron chi connectivity index (χ2n) is 5.56. The van der Waals surface area contributed by atoms with Crippen LogP contribution in [0.15, 0.2) is 17.5 Å². The van der Waals surface area contributed by atoms with E-state index in [0.29, 0.717) is 5.84 Å². The van der Waals surface area contributed by atoms with Gasteiger partial charge in [-0.2, -0.15) is 0 Å². The fourth-order valence-electron chi connectivity index (χ4n) is 2.54. The van der Waals surface area contributed by atoms with Crippen molar-refractivity contribution < 1.29 is 5.21 Å². The molecule has 106 valence electrons. The molecule has 1 aromatic rings. The van der Waals surface area contributed by atoms with E-state index in [0.717, 1.165) is 44.8 Å². The number of piperidine rings is 1. The first-order chi connectivity index (χ1) is 9.05. The Morgan fingerprint density at radius 3 is 2.68 bits per heavy atom. The minimum Gasteiger partial charge on any atom is -0.409 e. The van der Waals surface area contributed by atoms with Crippen molar-refractivity contribution in [3.63, 3.8) is 0 Å². The molecule has 1 aliphatic heterocycles. The highest BCUT2D eigenvalue weighted by molar-refractivity contribution is 5.85. The van der Waals surface area contributed by atoms with Crippen LogP contribution in [0, 0.1) is 12.3 Å². The summed E-state index contributed by atoms with van der Waals surface area (Å²) in [5.41, 5.74) is 5.61. The standard InChI is InChI=1S/C13H23N5O/c1-11-15-5-8-18(11)10-9-17-6-3-13(2,4-7-17)12(14)16-19/h5,8,19H,3-4,6-7,9-10H2,1-2H3,(H2,14,16). The summed E-state index contributed by atoms with van der Waals surface area (Å²) in [4.78, 5) is 6.64. The Labute approximate surface area is 113 Å². The molecule has 19 heavy (non-hydrogen) atoms. The van der Waals surface area contributed by atoms with E-state index < -0.39 is 0 Å². The van der Waals surface area contributed by atoms with Crippen LogP contribution in [0.1, 0.15) is 25.6 Å². The zero-order valence-corrected chi connectivity index (χ0v) is 11.7. The second kappa shape index (κ2) is 5.61. The zero-order valence-electron chi connectivity index (χ0n) is 11.7. The van der Waals surface area contributed by atoms with Crippen LogP contribution in [0.2, 0.25) is 0 Å². The van der Waals surface area contributed by atoms with Crippen LogP contribution in [0.25, 0.3) is 0 Å². The van der Waals surface area contributed by atoms with E-state index in [1.165, 1.54) is 0 Å². The first kappa shape index (κ1) is 13.9. The van der Waals surface area contributed by atoms with Crippen LogP contribution < -0.4 is 5.73 Å². The molecule has 1 aliphatic rings. The smallest absolute Gasteiger partial charge is 0.145 e. The summed E-state index contributed by atoms with van der Waals surface area (Å²) >= 11 is 0. The van der Waals surface area contributed by atoms with Crippen LogP contribution in [-0.2, 0) is 6.54 Å². The van der Waals surface area contributed by atoms with Gasteiger partial charge in [-0.25, -0.2) is 4.98 Å². The molecule has 6 heteroatoms. The Kier molecular flexibility index (Phi) is 4.09. The molecule has 3 N–H and O–H groups in total. The van der Waals surface area contributed by atoms with Gasteiger partial charge in [0.05, 0.1) is 0 Å². The summed E-state index contributed by atoms with van der Waals surface area (Å²) < 4.78 is 2.16. The molecular weight excluding hydrogens is 242 g/mol. The molecular formula is C13H23N5O. The SMILES string of the molecule is Cc1nccn1CCN1CCC(C)(/C(N)=N/O)CC1. The third kappa shape index (κ3) is 3.07. The fraction of sp³-hybridized carbons (Fsp3) is 0.692. The van der Waals surface area contributed by atoms with E-state index >= 15 is 0 Å². The Hall–Kier alpha value is -1.56. The Morgan fingerprint density at radius 1 is 1.47 bits per heavy atom. The second-order valence-corrected chi connectivity index (χ2v) is 5.56. The lowest BCUT2D eigenvalue weighted by molar-refractivity contribution is 0.154. The van der Waals surface area contributed by atoms with Crippen molar-refractivity contribution in [2.45, 2.75) is 33.2 Å². The molecule has 0 unspecified atom stereocenters. The largest absolute Gasteiger partial charge is 0.409 e. The number of nitrogens with zero attached hydrogens (tertiary/aromatic N) is 4. The molecule has 0 atom stereocenters. The number of hydrogen-bond donors (Lipinski definition) is 2. The minimum atomic E-state index is -0.157. The summed E-state index contributed by atoms with van der Waals surface area (Å²) in [7, 11) is 0. The Bertz CT molecular complexity index is 446. The quantitative estimate of drug-likeness (QED) is 0.369. The maximum Gasteiger partial charge on any atom is 0.145 e. The molecule has 0 aromatic carbocycles. The zero-order chi connectivity index (χ0) is 13.9. The lowest BCUT2D eigenvalue weighted by Gasteiger charge is -2.38. The van der Waals surface area contributed by atoms with E-state index in [9.17, 15) is 0 Å². The number of aromatic nitrogens is 2. The highest BCUT2D eigenvalue weighted by Gasteiger charge is 2.33. The van der Waals surface area contributed by atoms with Crippen molar-refractivity contribution in [3.8, 4) is 0 Å². The number of imidazole rings is 1. The number of rotatable bonds is 4. The van der Waals surface area contributed by atoms with Gasteiger partial charge in [0.1, 0.15) is 11.7 Å². The van der Waals surface area contributed by atoms with Crippen molar-refractivity contribution in [1.82, 2.24) is 14.5 Å². The molecule has 1 aromatic heterocycles. The van der Waals surface area contributed by atoms with Gasteiger partial charge in [0.2, 0.25) is 0 Å². The van der Waals surface area contributed by atoms with Crippen molar-refractivity contribution in [1.29, 1.82) is 0 Å². The first-order valence-corrected chi connectivity index (χ1v) is 6.73. The normalized spacial score (nSPS) is 20.6. The van der Waals surface area contributed by atoms with E-state index in [2.05, 4.69) is 26.5 Å². The number of amidine groups is 1. The van der Waals surface area contributed by atoms with Gasteiger partial charge in [-0.05, 0) is 32.9 Å². The third-order valence-corrected chi connectivity index (χ3v) is 4.27. The number of aryl methyl sites for hydroxylation is 1. The van der Waals surface area contributed by atoms with Gasteiger partial charge >= 0.3 is 0 Å². The fourth-order valence-corrected chi connectivity index (χ4v) is 2.54. The predicted octanol–water partition coefficient (Wildman–Crippen LogP) is 1.04. The van der Waals surface area contributed by atoms with E-state index in [1.807, 2.05) is 19.3 Å². The molecule has 0 radical (unpaired) electrons. The van der Waals surface area contributed by atoms with Crippen LogP contribution in [-0.4, -0.2) is 45.1 Å². The highest BCUT2D eigenvalue weighted by atomic mass is 16.4. The summed E-state index contributed by atoms with van der Waals surface area (Å²) in [6.07, 6.45) is 5.72. The summed E-state index contributed by atoms with van der Waals surface area (Å²) in [6, 6.07) is 0. The predicted molar refractivity (Wildman–Crippen MR) is 74.2 cm³/mol. The maximum absolute atomic E-state index is 8.82. The summed E-state index contributed by atoms with van der Waals surface area (Å²) in [5.74, 6) is 1.41. The molecule has 0 amide bonds. The van der Waals surface area contributed by atoms with Crippen LogP contribution in [0.4, 0.5) is 0 Å². The van der Waals surface area contributed by atoms with Gasteiger partial charge < -0.3 is 20.4 Å². The van der Waals surface area contributed by atoms with Crippen LogP contribution >= 0.6 is 0 Å². The number of likely N-dealkylation sites (tertiary alicyclic amines) is 1. The molecule has 6 nitrogen and oxygen atoms in total. The molecule has 1 fully saturated rings. The van der Waals surface area contributed by atoms with Gasteiger partial charge in [-0.15, -0.1) is 0 Å². The van der Waals surface area contributed by atoms with E-state index in [4.69, 9.17) is 10.9 Å². The molecule has 0 spiro atoms. The Morgan fingerprint density at radius 2 is 2.16 bits per heavy atom. The number of nitrogens with two attached hydrogens (primary N) is 1. The number of hydrogen-bond acceptors (Lipinski definition) is 4. The summed E-state index contributed by atoms with van der Waals surface area (Å²) in [5, 5.41) is 12.0. The minimum absolute atomic E-state index is 0.157. The first-order valence-electron chi connectivity index (χ1n) is 6.73. The van der Waals surface area contributed by atoms with E-state index in [1.54, 1.807) is 0 Å². The maximum atomic E-state index is 8.82. The highest BCUT2D eigenvalue weighted by Crippen LogP contribution is 2.30. The molecule has 2 heterocycles. The van der Waals surface area contributed by atoms with Gasteiger partial charge in [0.15, 0.2) is 0 Å². The average Bonchev–Trinajstić information content (AvgIpc) is 2.83. The molecule has 0 saturated carbocycles. The van der Waals surface area contributed by atoms with Crippen molar-refractivity contribution in [2.24, 2.45) is 16.3 Å². The van der Waals surface area contributed by atoms with Gasteiger partial charge in [0, 0.05) is 30.9 Å².